The Balaban J connectivity index is 3.09. The van der Waals surface area contributed by atoms with Crippen LogP contribution in [0.4, 0.5) is 0 Å². The van der Waals surface area contributed by atoms with E-state index in [0.717, 1.165) is 6.26 Å². The fourth-order valence-electron chi connectivity index (χ4n) is 0.601. The second-order valence-corrected chi connectivity index (χ2v) is 4.19. The standard InChI is InChI=1S/C6H8N2O3S/c1-11-6-7-3-5(4-8-6)12(2,9)10/h3-4H,1-2H3. The molecule has 0 radical (unpaired) electrons. The highest BCUT2D eigenvalue weighted by molar-refractivity contribution is 7.90. The number of hydrogen-bond donors (Lipinski definition) is 0. The number of hydrogen-bond acceptors (Lipinski definition) is 5. The number of methoxy groups -OCH3 is 1. The van der Waals surface area contributed by atoms with Crippen LogP contribution >= 0.6 is 0 Å². The van der Waals surface area contributed by atoms with E-state index in [2.05, 4.69) is 14.7 Å². The highest BCUT2D eigenvalue weighted by Crippen LogP contribution is 2.07. The van der Waals surface area contributed by atoms with Crippen molar-refractivity contribution in [2.45, 2.75) is 4.90 Å². The summed E-state index contributed by atoms with van der Waals surface area (Å²) >= 11 is 0. The van der Waals surface area contributed by atoms with Gasteiger partial charge in [0.1, 0.15) is 4.90 Å². The van der Waals surface area contributed by atoms with Crippen LogP contribution in [-0.4, -0.2) is 31.8 Å². The molecule has 0 aromatic carbocycles. The first kappa shape index (κ1) is 8.92. The Morgan fingerprint density at radius 1 is 1.33 bits per heavy atom. The summed E-state index contributed by atoms with van der Waals surface area (Å²) in [6.45, 7) is 0. The van der Waals surface area contributed by atoms with Gasteiger partial charge in [-0.15, -0.1) is 0 Å². The van der Waals surface area contributed by atoms with E-state index in [4.69, 9.17) is 0 Å². The maximum Gasteiger partial charge on any atom is 0.316 e. The molecule has 0 spiro atoms. The van der Waals surface area contributed by atoms with Crippen LogP contribution in [0.15, 0.2) is 17.3 Å². The van der Waals surface area contributed by atoms with Gasteiger partial charge in [-0.3, -0.25) is 0 Å². The third-order valence-corrected chi connectivity index (χ3v) is 2.28. The van der Waals surface area contributed by atoms with Gasteiger partial charge in [-0.05, 0) is 0 Å². The fourth-order valence-corrected chi connectivity index (χ4v) is 1.09. The van der Waals surface area contributed by atoms with Crippen LogP contribution in [0, 0.1) is 0 Å². The van der Waals surface area contributed by atoms with Crippen LogP contribution in [0.25, 0.3) is 0 Å². The number of rotatable bonds is 2. The van der Waals surface area contributed by atoms with Gasteiger partial charge in [0.25, 0.3) is 0 Å². The minimum absolute atomic E-state index is 0.0864. The van der Waals surface area contributed by atoms with E-state index in [-0.39, 0.29) is 10.9 Å². The molecule has 0 aliphatic rings. The molecule has 1 rings (SSSR count). The van der Waals surface area contributed by atoms with Crippen LogP contribution in [0.1, 0.15) is 0 Å². The van der Waals surface area contributed by atoms with E-state index in [0.29, 0.717) is 0 Å². The van der Waals surface area contributed by atoms with Crippen molar-refractivity contribution in [3.63, 3.8) is 0 Å². The van der Waals surface area contributed by atoms with Crippen molar-refractivity contribution in [1.82, 2.24) is 9.97 Å². The Morgan fingerprint density at radius 3 is 2.17 bits per heavy atom. The van der Waals surface area contributed by atoms with Crippen molar-refractivity contribution in [2.24, 2.45) is 0 Å². The summed E-state index contributed by atoms with van der Waals surface area (Å²) in [5, 5.41) is 0. The third kappa shape index (κ3) is 1.91. The smallest absolute Gasteiger partial charge is 0.316 e. The summed E-state index contributed by atoms with van der Waals surface area (Å²) < 4.78 is 26.5. The average Bonchev–Trinajstić information content (AvgIpc) is 2.03. The second kappa shape index (κ2) is 3.06. The van der Waals surface area contributed by atoms with E-state index in [1.807, 2.05) is 0 Å². The highest BCUT2D eigenvalue weighted by atomic mass is 32.2. The predicted octanol–water partition coefficient (Wildman–Crippen LogP) is -0.111. The molecule has 5 nitrogen and oxygen atoms in total. The Kier molecular flexibility index (Phi) is 2.27. The van der Waals surface area contributed by atoms with Crippen molar-refractivity contribution in [2.75, 3.05) is 13.4 Å². The Hall–Kier alpha value is -1.17. The van der Waals surface area contributed by atoms with Gasteiger partial charge in [0.2, 0.25) is 0 Å². The van der Waals surface area contributed by atoms with Crippen molar-refractivity contribution >= 4 is 9.84 Å². The van der Waals surface area contributed by atoms with Gasteiger partial charge < -0.3 is 4.74 Å². The van der Waals surface area contributed by atoms with Gasteiger partial charge in [0, 0.05) is 6.26 Å². The molecule has 0 unspecified atom stereocenters. The zero-order valence-electron chi connectivity index (χ0n) is 6.68. The molecular formula is C6H8N2O3S. The van der Waals surface area contributed by atoms with Gasteiger partial charge in [-0.25, -0.2) is 18.4 Å². The van der Waals surface area contributed by atoms with Crippen molar-refractivity contribution in [3.05, 3.63) is 12.4 Å². The average molecular weight is 188 g/mol. The molecule has 66 valence electrons. The van der Waals surface area contributed by atoms with Gasteiger partial charge in [0.05, 0.1) is 19.5 Å². The highest BCUT2D eigenvalue weighted by Gasteiger charge is 2.07. The molecule has 1 heterocycles. The molecule has 1 aromatic heterocycles. The van der Waals surface area contributed by atoms with E-state index in [1.54, 1.807) is 0 Å². The lowest BCUT2D eigenvalue weighted by atomic mass is 10.7. The number of aromatic nitrogens is 2. The van der Waals surface area contributed by atoms with Gasteiger partial charge in [0.15, 0.2) is 9.84 Å². The monoisotopic (exact) mass is 188 g/mol. The van der Waals surface area contributed by atoms with Gasteiger partial charge >= 0.3 is 6.01 Å². The summed E-state index contributed by atoms with van der Waals surface area (Å²) in [6, 6.07) is 0.155. The minimum atomic E-state index is -3.21. The maximum absolute atomic E-state index is 10.9. The summed E-state index contributed by atoms with van der Waals surface area (Å²) in [4.78, 5) is 7.39. The number of sulfone groups is 1. The Morgan fingerprint density at radius 2 is 1.83 bits per heavy atom. The second-order valence-electron chi connectivity index (χ2n) is 2.18. The van der Waals surface area contributed by atoms with Crippen molar-refractivity contribution < 1.29 is 13.2 Å². The Bertz CT molecular complexity index is 357. The molecule has 12 heavy (non-hydrogen) atoms. The molecule has 0 aliphatic heterocycles. The lowest BCUT2D eigenvalue weighted by Gasteiger charge is -1.97. The predicted molar refractivity (Wildman–Crippen MR) is 41.7 cm³/mol. The van der Waals surface area contributed by atoms with Crippen LogP contribution in [0.3, 0.4) is 0 Å². The molecule has 6 heteroatoms. The third-order valence-electron chi connectivity index (χ3n) is 1.22. The first-order valence-electron chi connectivity index (χ1n) is 3.10. The first-order valence-corrected chi connectivity index (χ1v) is 4.99. The minimum Gasteiger partial charge on any atom is -0.467 e. The van der Waals surface area contributed by atoms with Crippen LogP contribution in [0.2, 0.25) is 0 Å². The maximum atomic E-state index is 10.9. The summed E-state index contributed by atoms with van der Waals surface area (Å²) in [7, 11) is -1.80. The van der Waals surface area contributed by atoms with Gasteiger partial charge in [-0.2, -0.15) is 0 Å². The molecule has 0 atom stereocenters. The van der Waals surface area contributed by atoms with Crippen molar-refractivity contribution in [3.8, 4) is 6.01 Å². The molecule has 0 saturated heterocycles. The van der Waals surface area contributed by atoms with Crippen LogP contribution in [0.5, 0.6) is 6.01 Å². The molecule has 0 N–H and O–H groups in total. The zero-order valence-corrected chi connectivity index (χ0v) is 7.50. The molecular weight excluding hydrogens is 180 g/mol. The number of ether oxygens (including phenoxy) is 1. The summed E-state index contributed by atoms with van der Waals surface area (Å²) in [5.74, 6) is 0. The quantitative estimate of drug-likeness (QED) is 0.647. The van der Waals surface area contributed by atoms with E-state index >= 15 is 0 Å². The molecule has 0 aliphatic carbocycles. The number of nitrogens with zero attached hydrogens (tertiary/aromatic N) is 2. The molecule has 0 fully saturated rings. The topological polar surface area (TPSA) is 69.2 Å². The van der Waals surface area contributed by atoms with Crippen LogP contribution in [-0.2, 0) is 9.84 Å². The first-order chi connectivity index (χ1) is 5.54. The SMILES string of the molecule is COc1ncc(S(C)(=O)=O)cn1. The molecule has 0 saturated carbocycles. The van der Waals surface area contributed by atoms with E-state index < -0.39 is 9.84 Å². The lowest BCUT2D eigenvalue weighted by molar-refractivity contribution is 0.378. The summed E-state index contributed by atoms with van der Waals surface area (Å²) in [5.41, 5.74) is 0. The lowest BCUT2D eigenvalue weighted by Crippen LogP contribution is -2.00. The summed E-state index contributed by atoms with van der Waals surface area (Å²) in [6.07, 6.45) is 3.51. The molecule has 1 aromatic rings. The molecule has 0 amide bonds. The Labute approximate surface area is 70.3 Å². The van der Waals surface area contributed by atoms with Gasteiger partial charge in [-0.1, -0.05) is 0 Å². The van der Waals surface area contributed by atoms with Crippen molar-refractivity contribution in [1.29, 1.82) is 0 Å². The van der Waals surface area contributed by atoms with Crippen LogP contribution < -0.4 is 4.74 Å². The molecule has 0 bridgehead atoms. The van der Waals surface area contributed by atoms with E-state index in [9.17, 15) is 8.42 Å². The van der Waals surface area contributed by atoms with E-state index in [1.165, 1.54) is 19.5 Å². The zero-order chi connectivity index (χ0) is 9.19. The largest absolute Gasteiger partial charge is 0.467 e. The normalized spacial score (nSPS) is 11.2. The fraction of sp³-hybridized carbons (Fsp3) is 0.333.